The Morgan fingerprint density at radius 2 is 2.22 bits per heavy atom. The highest BCUT2D eigenvalue weighted by Crippen LogP contribution is 2.14. The van der Waals surface area contributed by atoms with E-state index in [1.54, 1.807) is 17.4 Å². The molecule has 0 fully saturated rings. The Balaban J connectivity index is 1.78. The van der Waals surface area contributed by atoms with E-state index in [0.717, 1.165) is 29.2 Å². The van der Waals surface area contributed by atoms with Gasteiger partial charge in [0.05, 0.1) is 10.7 Å². The van der Waals surface area contributed by atoms with Crippen molar-refractivity contribution in [2.45, 2.75) is 19.9 Å². The Bertz CT molecular complexity index is 507. The molecule has 1 aromatic carbocycles. The number of halogens is 2. The van der Waals surface area contributed by atoms with Gasteiger partial charge in [0.1, 0.15) is 5.82 Å². The molecule has 0 amide bonds. The van der Waals surface area contributed by atoms with Gasteiger partial charge in [-0.3, -0.25) is 0 Å². The predicted octanol–water partition coefficient (Wildman–Crippen LogP) is 3.58. The van der Waals surface area contributed by atoms with E-state index in [1.165, 1.54) is 12.1 Å². The molecule has 0 saturated carbocycles. The van der Waals surface area contributed by atoms with Crippen molar-refractivity contribution >= 4 is 22.9 Å². The molecular formula is C13H14ClFN2S. The molecule has 0 unspecified atom stereocenters. The molecule has 18 heavy (non-hydrogen) atoms. The third-order valence-electron chi connectivity index (χ3n) is 2.48. The molecule has 0 spiro atoms. The van der Waals surface area contributed by atoms with Gasteiger partial charge in [0.25, 0.3) is 0 Å². The number of rotatable bonds is 5. The number of nitrogens with zero attached hydrogens (tertiary/aromatic N) is 1. The molecule has 2 rings (SSSR count). The van der Waals surface area contributed by atoms with Crippen molar-refractivity contribution < 1.29 is 4.39 Å². The van der Waals surface area contributed by atoms with Gasteiger partial charge in [-0.25, -0.2) is 9.37 Å². The smallest absolute Gasteiger partial charge is 0.125 e. The van der Waals surface area contributed by atoms with Crippen molar-refractivity contribution in [3.63, 3.8) is 0 Å². The average Bonchev–Trinajstić information content (AvgIpc) is 2.69. The lowest BCUT2D eigenvalue weighted by Gasteiger charge is -2.04. The predicted molar refractivity (Wildman–Crippen MR) is 73.7 cm³/mol. The van der Waals surface area contributed by atoms with Gasteiger partial charge in [-0.05, 0) is 30.7 Å². The van der Waals surface area contributed by atoms with Gasteiger partial charge in [0.2, 0.25) is 0 Å². The third kappa shape index (κ3) is 4.05. The molecule has 0 saturated heterocycles. The molecule has 96 valence electrons. The molecule has 1 aromatic heterocycles. The van der Waals surface area contributed by atoms with Crippen LogP contribution in [0.4, 0.5) is 4.39 Å². The summed E-state index contributed by atoms with van der Waals surface area (Å²) in [5.74, 6) is -0.297. The number of hydrogen-bond acceptors (Lipinski definition) is 3. The first kappa shape index (κ1) is 13.5. The Hall–Kier alpha value is -0.970. The standard InChI is InChI=1S/C13H14ClFN2S/c1-9-17-13(8-18-9)2-3-16-7-10-4-11(14)6-12(15)5-10/h4-6,8,16H,2-3,7H2,1H3. The van der Waals surface area contributed by atoms with Gasteiger partial charge >= 0.3 is 0 Å². The lowest BCUT2D eigenvalue weighted by Crippen LogP contribution is -2.16. The zero-order valence-electron chi connectivity index (χ0n) is 10.0. The van der Waals surface area contributed by atoms with Crippen molar-refractivity contribution in [1.29, 1.82) is 0 Å². The summed E-state index contributed by atoms with van der Waals surface area (Å²) in [7, 11) is 0. The second kappa shape index (κ2) is 6.27. The SMILES string of the molecule is Cc1nc(CCNCc2cc(F)cc(Cl)c2)cs1. The lowest BCUT2D eigenvalue weighted by molar-refractivity contribution is 0.620. The van der Waals surface area contributed by atoms with Crippen LogP contribution in [0, 0.1) is 12.7 Å². The summed E-state index contributed by atoms with van der Waals surface area (Å²) < 4.78 is 13.1. The zero-order chi connectivity index (χ0) is 13.0. The average molecular weight is 285 g/mol. The molecule has 5 heteroatoms. The maximum atomic E-state index is 13.1. The molecule has 0 aliphatic carbocycles. The second-order valence-corrected chi connectivity index (χ2v) is 5.56. The Morgan fingerprint density at radius 3 is 2.89 bits per heavy atom. The van der Waals surface area contributed by atoms with Crippen LogP contribution in [0.5, 0.6) is 0 Å². The van der Waals surface area contributed by atoms with E-state index in [4.69, 9.17) is 11.6 Å². The monoisotopic (exact) mass is 284 g/mol. The number of hydrogen-bond donors (Lipinski definition) is 1. The normalized spacial score (nSPS) is 10.8. The Morgan fingerprint density at radius 1 is 1.39 bits per heavy atom. The molecule has 0 radical (unpaired) electrons. The number of benzene rings is 1. The lowest BCUT2D eigenvalue weighted by atomic mass is 10.2. The first-order valence-corrected chi connectivity index (χ1v) is 6.96. The van der Waals surface area contributed by atoms with E-state index in [-0.39, 0.29) is 5.82 Å². The maximum absolute atomic E-state index is 13.1. The van der Waals surface area contributed by atoms with E-state index in [2.05, 4.69) is 15.7 Å². The number of aryl methyl sites for hydroxylation is 1. The van der Waals surface area contributed by atoms with Crippen molar-refractivity contribution in [1.82, 2.24) is 10.3 Å². The van der Waals surface area contributed by atoms with Crippen LogP contribution in [0.2, 0.25) is 5.02 Å². The van der Waals surface area contributed by atoms with Crippen molar-refractivity contribution in [3.05, 3.63) is 50.7 Å². The minimum Gasteiger partial charge on any atom is -0.312 e. The molecule has 0 atom stereocenters. The van der Waals surface area contributed by atoms with Crippen LogP contribution >= 0.6 is 22.9 Å². The first-order chi connectivity index (χ1) is 8.63. The van der Waals surface area contributed by atoms with Crippen LogP contribution in [-0.2, 0) is 13.0 Å². The molecule has 0 bridgehead atoms. The highest BCUT2D eigenvalue weighted by molar-refractivity contribution is 7.09. The van der Waals surface area contributed by atoms with E-state index >= 15 is 0 Å². The molecule has 0 aliphatic heterocycles. The zero-order valence-corrected chi connectivity index (χ0v) is 11.6. The summed E-state index contributed by atoms with van der Waals surface area (Å²) >= 11 is 7.44. The third-order valence-corrected chi connectivity index (χ3v) is 3.52. The van der Waals surface area contributed by atoms with Crippen molar-refractivity contribution in [2.75, 3.05) is 6.54 Å². The summed E-state index contributed by atoms with van der Waals surface area (Å²) in [5, 5.41) is 6.84. The molecule has 1 heterocycles. The minimum atomic E-state index is -0.297. The fourth-order valence-electron chi connectivity index (χ4n) is 1.69. The van der Waals surface area contributed by atoms with E-state index in [9.17, 15) is 4.39 Å². The molecular weight excluding hydrogens is 271 g/mol. The Labute approximate surface area is 115 Å². The van der Waals surface area contributed by atoms with E-state index in [1.807, 2.05) is 6.92 Å². The van der Waals surface area contributed by atoms with Crippen LogP contribution in [0.3, 0.4) is 0 Å². The van der Waals surface area contributed by atoms with Gasteiger partial charge in [-0.15, -0.1) is 11.3 Å². The van der Waals surface area contributed by atoms with Gasteiger partial charge in [0, 0.05) is 29.9 Å². The Kier molecular flexibility index (Phi) is 4.69. The van der Waals surface area contributed by atoms with Crippen LogP contribution in [0.25, 0.3) is 0 Å². The summed E-state index contributed by atoms with van der Waals surface area (Å²) in [4.78, 5) is 4.38. The van der Waals surface area contributed by atoms with Crippen LogP contribution in [-0.4, -0.2) is 11.5 Å². The number of nitrogens with one attached hydrogen (secondary N) is 1. The van der Waals surface area contributed by atoms with Crippen LogP contribution < -0.4 is 5.32 Å². The fraction of sp³-hybridized carbons (Fsp3) is 0.308. The molecule has 0 aliphatic rings. The number of thiazole rings is 1. The second-order valence-electron chi connectivity index (χ2n) is 4.06. The summed E-state index contributed by atoms with van der Waals surface area (Å²) in [6.45, 7) is 3.42. The largest absolute Gasteiger partial charge is 0.312 e. The molecule has 2 nitrogen and oxygen atoms in total. The van der Waals surface area contributed by atoms with Crippen molar-refractivity contribution in [3.8, 4) is 0 Å². The molecule has 1 N–H and O–H groups in total. The van der Waals surface area contributed by atoms with E-state index in [0.29, 0.717) is 11.6 Å². The van der Waals surface area contributed by atoms with Gasteiger partial charge in [0.15, 0.2) is 0 Å². The van der Waals surface area contributed by atoms with Gasteiger partial charge in [-0.2, -0.15) is 0 Å². The minimum absolute atomic E-state index is 0.297. The highest BCUT2D eigenvalue weighted by Gasteiger charge is 2.00. The fourth-order valence-corrected chi connectivity index (χ4v) is 2.58. The quantitative estimate of drug-likeness (QED) is 0.849. The van der Waals surface area contributed by atoms with Crippen LogP contribution in [0.1, 0.15) is 16.3 Å². The summed E-state index contributed by atoms with van der Waals surface area (Å²) in [5.41, 5.74) is 1.96. The van der Waals surface area contributed by atoms with Crippen LogP contribution in [0.15, 0.2) is 23.6 Å². The number of aromatic nitrogens is 1. The van der Waals surface area contributed by atoms with E-state index < -0.39 is 0 Å². The van der Waals surface area contributed by atoms with Gasteiger partial charge in [-0.1, -0.05) is 11.6 Å². The topological polar surface area (TPSA) is 24.9 Å². The molecule has 2 aromatic rings. The summed E-state index contributed by atoms with van der Waals surface area (Å²) in [6.07, 6.45) is 0.882. The first-order valence-electron chi connectivity index (χ1n) is 5.70. The highest BCUT2D eigenvalue weighted by atomic mass is 35.5. The van der Waals surface area contributed by atoms with Crippen molar-refractivity contribution in [2.24, 2.45) is 0 Å². The van der Waals surface area contributed by atoms with Gasteiger partial charge < -0.3 is 5.32 Å². The maximum Gasteiger partial charge on any atom is 0.125 e. The summed E-state index contributed by atoms with van der Waals surface area (Å²) in [6, 6.07) is 4.57.